The first-order valence-corrected chi connectivity index (χ1v) is 12.3. The number of aromatic nitrogens is 6. The lowest BCUT2D eigenvalue weighted by atomic mass is 10.1. The summed E-state index contributed by atoms with van der Waals surface area (Å²) in [5, 5.41) is 13.5. The van der Waals surface area contributed by atoms with Crippen LogP contribution in [0.3, 0.4) is 0 Å². The van der Waals surface area contributed by atoms with E-state index in [0.717, 1.165) is 41.6 Å². The molecule has 200 valence electrons. The number of nitrogens with zero attached hydrogens (tertiary/aromatic N) is 5. The van der Waals surface area contributed by atoms with Gasteiger partial charge in [-0.2, -0.15) is 19.0 Å². The Bertz CT molecular complexity index is 1360. The Morgan fingerprint density at radius 1 is 1.00 bits per heavy atom. The average Bonchev–Trinajstić information content (AvgIpc) is 3.69. The Morgan fingerprint density at radius 3 is 2.42 bits per heavy atom. The van der Waals surface area contributed by atoms with Gasteiger partial charge in [-0.1, -0.05) is 37.1 Å². The summed E-state index contributed by atoms with van der Waals surface area (Å²) in [6, 6.07) is 10.6. The van der Waals surface area contributed by atoms with Crippen molar-refractivity contribution in [2.24, 2.45) is 7.05 Å². The van der Waals surface area contributed by atoms with Gasteiger partial charge < -0.3 is 15.6 Å². The van der Waals surface area contributed by atoms with E-state index < -0.39 is 18.5 Å². The highest BCUT2D eigenvalue weighted by Crippen LogP contribution is 2.25. The van der Waals surface area contributed by atoms with Crippen LogP contribution in [0.1, 0.15) is 61.0 Å². The summed E-state index contributed by atoms with van der Waals surface area (Å²) < 4.78 is 28.0. The summed E-state index contributed by atoms with van der Waals surface area (Å²) in [5.74, 6) is -0.0478. The zero-order valence-corrected chi connectivity index (χ0v) is 21.2. The second-order valence-corrected chi connectivity index (χ2v) is 8.89. The van der Waals surface area contributed by atoms with E-state index in [0.29, 0.717) is 29.8 Å². The Hall–Kier alpha value is -4.35. The van der Waals surface area contributed by atoms with Gasteiger partial charge in [-0.25, -0.2) is 9.67 Å². The Kier molecular flexibility index (Phi) is 8.62. The summed E-state index contributed by atoms with van der Waals surface area (Å²) in [6.07, 6.45) is 7.83. The molecule has 4 rings (SSSR count). The molecule has 4 aromatic rings. The third-order valence-electron chi connectivity index (χ3n) is 6.15. The lowest BCUT2D eigenvalue weighted by Crippen LogP contribution is -2.30. The van der Waals surface area contributed by atoms with Crippen molar-refractivity contribution in [2.45, 2.75) is 44.7 Å². The lowest BCUT2D eigenvalue weighted by Gasteiger charge is -2.16. The van der Waals surface area contributed by atoms with Crippen LogP contribution in [0, 0.1) is 0 Å². The number of amides is 2. The third kappa shape index (κ3) is 6.69. The molecule has 3 N–H and O–H groups in total. The molecule has 0 aliphatic heterocycles. The van der Waals surface area contributed by atoms with E-state index in [1.165, 1.54) is 6.07 Å². The molecule has 0 aliphatic rings. The summed E-state index contributed by atoms with van der Waals surface area (Å²) in [5.41, 5.74) is 3.44. The second kappa shape index (κ2) is 12.3. The van der Waals surface area contributed by atoms with Crippen LogP contribution >= 0.6 is 0 Å². The number of halogens is 2. The Morgan fingerprint density at radius 2 is 1.76 bits per heavy atom. The normalized spacial score (nSPS) is 12.0. The molecule has 1 aromatic carbocycles. The van der Waals surface area contributed by atoms with Crippen molar-refractivity contribution in [1.29, 1.82) is 0 Å². The van der Waals surface area contributed by atoms with Crippen molar-refractivity contribution in [3.8, 4) is 22.5 Å². The van der Waals surface area contributed by atoms with Gasteiger partial charge in [0.2, 0.25) is 5.91 Å². The zero-order valence-electron chi connectivity index (χ0n) is 21.2. The molecule has 0 fully saturated rings. The number of alkyl halides is 2. The first-order valence-electron chi connectivity index (χ1n) is 12.3. The van der Waals surface area contributed by atoms with E-state index in [2.05, 4.69) is 30.8 Å². The van der Waals surface area contributed by atoms with Crippen LogP contribution in [0.4, 0.5) is 8.78 Å². The predicted octanol–water partition coefficient (Wildman–Crippen LogP) is 4.24. The largest absolute Gasteiger partial charge is 0.359 e. The van der Waals surface area contributed by atoms with E-state index >= 15 is 0 Å². The Labute approximate surface area is 218 Å². The maximum absolute atomic E-state index is 12.9. The smallest absolute Gasteiger partial charge is 0.333 e. The molecule has 1 unspecified atom stereocenters. The van der Waals surface area contributed by atoms with Crippen LogP contribution < -0.4 is 10.6 Å². The van der Waals surface area contributed by atoms with E-state index in [1.807, 2.05) is 43.6 Å². The third-order valence-corrected chi connectivity index (χ3v) is 6.15. The quantitative estimate of drug-likeness (QED) is 0.239. The highest BCUT2D eigenvalue weighted by molar-refractivity contribution is 5.92. The highest BCUT2D eigenvalue weighted by atomic mass is 19.3. The van der Waals surface area contributed by atoms with Gasteiger partial charge in [-0.3, -0.25) is 14.3 Å². The summed E-state index contributed by atoms with van der Waals surface area (Å²) in [4.78, 5) is 32.1. The van der Waals surface area contributed by atoms with E-state index in [1.54, 1.807) is 17.9 Å². The van der Waals surface area contributed by atoms with Gasteiger partial charge in [0.05, 0.1) is 23.6 Å². The molecule has 3 aromatic heterocycles. The van der Waals surface area contributed by atoms with Crippen molar-refractivity contribution in [3.05, 3.63) is 66.5 Å². The standard InChI is InChI=1S/C26H30F2N8O2/c1-29-23(37)7-5-3-4-6-20(32-25(38)21-13-15-36(34-21)26(27)28)24-30-16-22(31-24)18-10-8-17(9-11-18)19-12-14-35(2)33-19/h8-16,20,26H,3-7H2,1-2H3,(H,29,37)(H,30,31)(H,32,38). The second-order valence-electron chi connectivity index (χ2n) is 8.89. The first kappa shape index (κ1) is 26.7. The molecule has 1 atom stereocenters. The maximum atomic E-state index is 12.9. The van der Waals surface area contributed by atoms with Crippen LogP contribution in [-0.4, -0.2) is 48.4 Å². The number of rotatable bonds is 12. The van der Waals surface area contributed by atoms with Crippen LogP contribution in [0.25, 0.3) is 22.5 Å². The van der Waals surface area contributed by atoms with Crippen molar-refractivity contribution in [2.75, 3.05) is 7.05 Å². The van der Waals surface area contributed by atoms with Crippen molar-refractivity contribution >= 4 is 11.8 Å². The van der Waals surface area contributed by atoms with Crippen LogP contribution in [0.2, 0.25) is 0 Å². The number of nitrogens with one attached hydrogen (secondary N) is 3. The number of imidazole rings is 1. The molecule has 0 saturated carbocycles. The van der Waals surface area contributed by atoms with Gasteiger partial charge in [-0.15, -0.1) is 0 Å². The number of hydrogen-bond donors (Lipinski definition) is 3. The van der Waals surface area contributed by atoms with E-state index in [-0.39, 0.29) is 11.6 Å². The molecule has 0 aliphatic carbocycles. The molecule has 0 bridgehead atoms. The SMILES string of the molecule is CNC(=O)CCCCCC(NC(=O)c1ccn(C(F)F)n1)c1ncc(-c2ccc(-c3ccn(C)n3)cc2)[nH]1. The molecule has 0 spiro atoms. The molecule has 3 heterocycles. The predicted molar refractivity (Wildman–Crippen MR) is 137 cm³/mol. The summed E-state index contributed by atoms with van der Waals surface area (Å²) >= 11 is 0. The van der Waals surface area contributed by atoms with Gasteiger partial charge in [0, 0.05) is 38.5 Å². The summed E-state index contributed by atoms with van der Waals surface area (Å²) in [7, 11) is 3.47. The highest BCUT2D eigenvalue weighted by Gasteiger charge is 2.21. The average molecular weight is 525 g/mol. The minimum atomic E-state index is -2.83. The van der Waals surface area contributed by atoms with Crippen LogP contribution in [-0.2, 0) is 11.8 Å². The first-order chi connectivity index (χ1) is 18.3. The fraction of sp³-hybridized carbons (Fsp3) is 0.346. The van der Waals surface area contributed by atoms with Crippen molar-refractivity contribution in [1.82, 2.24) is 40.2 Å². The number of carbonyl (C=O) groups is 2. The molecular formula is C26H30F2N8O2. The molecule has 12 heteroatoms. The van der Waals surface area contributed by atoms with Crippen LogP contribution in [0.15, 0.2) is 55.0 Å². The monoisotopic (exact) mass is 524 g/mol. The minimum absolute atomic E-state index is 0.0193. The minimum Gasteiger partial charge on any atom is -0.359 e. The van der Waals surface area contributed by atoms with Gasteiger partial charge in [0.15, 0.2) is 0 Å². The molecule has 38 heavy (non-hydrogen) atoms. The number of carbonyl (C=O) groups excluding carboxylic acids is 2. The molecule has 0 saturated heterocycles. The topological polar surface area (TPSA) is 123 Å². The molecular weight excluding hydrogens is 494 g/mol. The number of unbranched alkanes of at least 4 members (excludes halogenated alkanes) is 2. The number of aryl methyl sites for hydroxylation is 1. The molecule has 2 amide bonds. The number of H-pyrrole nitrogens is 1. The van der Waals surface area contributed by atoms with E-state index in [9.17, 15) is 18.4 Å². The molecule has 0 radical (unpaired) electrons. The van der Waals surface area contributed by atoms with Gasteiger partial charge in [-0.05, 0) is 30.5 Å². The maximum Gasteiger partial charge on any atom is 0.333 e. The Balaban J connectivity index is 1.47. The van der Waals surface area contributed by atoms with Crippen molar-refractivity contribution < 1.29 is 18.4 Å². The number of benzene rings is 1. The zero-order chi connectivity index (χ0) is 27.1. The van der Waals surface area contributed by atoms with Gasteiger partial charge in [0.25, 0.3) is 5.91 Å². The van der Waals surface area contributed by atoms with Gasteiger partial charge >= 0.3 is 6.55 Å². The van der Waals surface area contributed by atoms with E-state index in [4.69, 9.17) is 0 Å². The van der Waals surface area contributed by atoms with Crippen LogP contribution in [0.5, 0.6) is 0 Å². The number of aromatic amines is 1. The lowest BCUT2D eigenvalue weighted by molar-refractivity contribution is -0.120. The van der Waals surface area contributed by atoms with Gasteiger partial charge in [0.1, 0.15) is 11.5 Å². The fourth-order valence-corrected chi connectivity index (χ4v) is 4.06. The fourth-order valence-electron chi connectivity index (χ4n) is 4.06. The number of hydrogen-bond acceptors (Lipinski definition) is 5. The summed E-state index contributed by atoms with van der Waals surface area (Å²) in [6.45, 7) is -2.83. The molecule has 10 nitrogen and oxygen atoms in total. The van der Waals surface area contributed by atoms with Crippen molar-refractivity contribution in [3.63, 3.8) is 0 Å².